The Balaban J connectivity index is 2.66. The van der Waals surface area contributed by atoms with Crippen molar-refractivity contribution in [3.8, 4) is 0 Å². The summed E-state index contributed by atoms with van der Waals surface area (Å²) in [6.45, 7) is 0.250. The number of methoxy groups -OCH3 is 1. The zero-order chi connectivity index (χ0) is 14.5. The maximum Gasteiger partial charge on any atom is 0.242 e. The van der Waals surface area contributed by atoms with Crippen LogP contribution in [0, 0.1) is 0 Å². The van der Waals surface area contributed by atoms with Crippen LogP contribution in [0.4, 0.5) is 5.69 Å². The molecule has 4 N–H and O–H groups in total. The Hall–Kier alpha value is -0.860. The first kappa shape index (κ1) is 16.2. The van der Waals surface area contributed by atoms with E-state index in [0.29, 0.717) is 5.02 Å². The van der Waals surface area contributed by atoms with Crippen molar-refractivity contribution in [2.24, 2.45) is 0 Å². The van der Waals surface area contributed by atoms with Crippen molar-refractivity contribution in [3.05, 3.63) is 23.2 Å². The molecule has 1 rings (SSSR count). The molecule has 0 aliphatic heterocycles. The summed E-state index contributed by atoms with van der Waals surface area (Å²) in [6, 6.07) is 4.16. The molecule has 0 aliphatic carbocycles. The van der Waals surface area contributed by atoms with Gasteiger partial charge in [-0.3, -0.25) is 0 Å². The molecule has 1 aromatic carbocycles. The second-order valence-electron chi connectivity index (χ2n) is 3.98. The van der Waals surface area contributed by atoms with Crippen LogP contribution >= 0.6 is 11.6 Å². The third-order valence-corrected chi connectivity index (χ3v) is 4.16. The minimum atomic E-state index is -3.70. The van der Waals surface area contributed by atoms with E-state index in [1.54, 1.807) is 0 Å². The number of rotatable bonds is 7. The summed E-state index contributed by atoms with van der Waals surface area (Å²) < 4.78 is 31.0. The van der Waals surface area contributed by atoms with Gasteiger partial charge in [-0.25, -0.2) is 13.1 Å². The second-order valence-corrected chi connectivity index (χ2v) is 6.15. The summed E-state index contributed by atoms with van der Waals surface area (Å²) in [6.07, 6.45) is -0.462. The standard InChI is InChI=1S/C11H17ClN2O4S/c1-18-7-9(15)4-5-14-19(16,17)11-3-2-8(12)6-10(11)13/h2-3,6,9,14-15H,4-5,7,13H2,1H3. The smallest absolute Gasteiger partial charge is 0.242 e. The van der Waals surface area contributed by atoms with Crippen LogP contribution in [0.3, 0.4) is 0 Å². The summed E-state index contributed by atoms with van der Waals surface area (Å²) >= 11 is 5.71. The quantitative estimate of drug-likeness (QED) is 0.640. The average molecular weight is 309 g/mol. The predicted octanol–water partition coefficient (Wildman–Crippen LogP) is 0.598. The molecule has 6 nitrogen and oxygen atoms in total. The van der Waals surface area contributed by atoms with Crippen LogP contribution in [0.15, 0.2) is 23.1 Å². The first-order valence-corrected chi connectivity index (χ1v) is 7.44. The van der Waals surface area contributed by atoms with Gasteiger partial charge < -0.3 is 15.6 Å². The minimum absolute atomic E-state index is 0.0295. The van der Waals surface area contributed by atoms with Crippen LogP contribution in [0.1, 0.15) is 6.42 Å². The van der Waals surface area contributed by atoms with Gasteiger partial charge in [-0.15, -0.1) is 0 Å². The van der Waals surface area contributed by atoms with E-state index < -0.39 is 16.1 Å². The maximum atomic E-state index is 12.0. The molecule has 0 radical (unpaired) electrons. The van der Waals surface area contributed by atoms with Crippen LogP contribution in [-0.4, -0.2) is 39.9 Å². The Morgan fingerprint density at radius 1 is 1.53 bits per heavy atom. The Labute approximate surface area is 117 Å². The fourth-order valence-corrected chi connectivity index (χ4v) is 2.82. The molecule has 0 amide bonds. The van der Waals surface area contributed by atoms with E-state index in [1.807, 2.05) is 0 Å². The molecule has 0 saturated heterocycles. The normalized spacial score (nSPS) is 13.4. The zero-order valence-corrected chi connectivity index (χ0v) is 12.0. The second kappa shape index (κ2) is 7.06. The van der Waals surface area contributed by atoms with Crippen LogP contribution in [0.2, 0.25) is 5.02 Å². The van der Waals surface area contributed by atoms with E-state index >= 15 is 0 Å². The van der Waals surface area contributed by atoms with Crippen LogP contribution in [-0.2, 0) is 14.8 Å². The first-order chi connectivity index (χ1) is 8.86. The predicted molar refractivity (Wildman–Crippen MR) is 73.6 cm³/mol. The van der Waals surface area contributed by atoms with Gasteiger partial charge in [0.1, 0.15) is 4.90 Å². The van der Waals surface area contributed by atoms with Gasteiger partial charge in [0.15, 0.2) is 0 Å². The number of nitrogens with one attached hydrogen (secondary N) is 1. The number of nitrogens with two attached hydrogens (primary N) is 1. The lowest BCUT2D eigenvalue weighted by molar-refractivity contribution is 0.0603. The average Bonchev–Trinajstić information content (AvgIpc) is 2.28. The van der Waals surface area contributed by atoms with Crippen molar-refractivity contribution in [1.82, 2.24) is 4.72 Å². The Bertz CT molecular complexity index is 521. The number of aliphatic hydroxyl groups excluding tert-OH is 1. The number of nitrogen functional groups attached to an aromatic ring is 1. The number of anilines is 1. The third kappa shape index (κ3) is 4.96. The van der Waals surface area contributed by atoms with Crippen LogP contribution in [0.25, 0.3) is 0 Å². The number of ether oxygens (including phenoxy) is 1. The van der Waals surface area contributed by atoms with Crippen molar-refractivity contribution >= 4 is 27.3 Å². The Kier molecular flexibility index (Phi) is 6.02. The van der Waals surface area contributed by atoms with E-state index in [9.17, 15) is 13.5 Å². The van der Waals surface area contributed by atoms with Crippen molar-refractivity contribution in [2.75, 3.05) is 26.0 Å². The summed E-state index contributed by atoms with van der Waals surface area (Å²) in [5.74, 6) is 0. The van der Waals surface area contributed by atoms with Gasteiger partial charge in [-0.2, -0.15) is 0 Å². The number of sulfonamides is 1. The lowest BCUT2D eigenvalue weighted by atomic mass is 10.3. The number of hydrogen-bond donors (Lipinski definition) is 3. The lowest BCUT2D eigenvalue weighted by Crippen LogP contribution is -2.29. The molecule has 0 bridgehead atoms. The molecule has 108 valence electrons. The highest BCUT2D eigenvalue weighted by Crippen LogP contribution is 2.22. The highest BCUT2D eigenvalue weighted by Gasteiger charge is 2.17. The van der Waals surface area contributed by atoms with E-state index in [0.717, 1.165) is 0 Å². The maximum absolute atomic E-state index is 12.0. The van der Waals surface area contributed by atoms with Crippen molar-refractivity contribution < 1.29 is 18.3 Å². The molecule has 0 aliphatic rings. The topological polar surface area (TPSA) is 102 Å². The number of halogens is 1. The molecule has 1 atom stereocenters. The van der Waals surface area contributed by atoms with E-state index in [-0.39, 0.29) is 30.2 Å². The van der Waals surface area contributed by atoms with Crippen molar-refractivity contribution in [3.63, 3.8) is 0 Å². The van der Waals surface area contributed by atoms with Gasteiger partial charge in [-0.1, -0.05) is 11.6 Å². The van der Waals surface area contributed by atoms with Crippen LogP contribution in [0.5, 0.6) is 0 Å². The fraction of sp³-hybridized carbons (Fsp3) is 0.455. The summed E-state index contributed by atoms with van der Waals surface area (Å²) in [7, 11) is -2.24. The molecule has 1 unspecified atom stereocenters. The van der Waals surface area contributed by atoms with E-state index in [2.05, 4.69) is 4.72 Å². The molecule has 0 heterocycles. The molecule has 0 aromatic heterocycles. The SMILES string of the molecule is COCC(O)CCNS(=O)(=O)c1ccc(Cl)cc1N. The molecule has 0 saturated carbocycles. The summed E-state index contributed by atoms with van der Waals surface area (Å²) in [5.41, 5.74) is 5.69. The van der Waals surface area contributed by atoms with Crippen LogP contribution < -0.4 is 10.5 Å². The zero-order valence-electron chi connectivity index (χ0n) is 10.5. The highest BCUT2D eigenvalue weighted by molar-refractivity contribution is 7.89. The van der Waals surface area contributed by atoms with Gasteiger partial charge in [0, 0.05) is 18.7 Å². The molecule has 0 spiro atoms. The van der Waals surface area contributed by atoms with Gasteiger partial charge >= 0.3 is 0 Å². The Morgan fingerprint density at radius 2 is 2.21 bits per heavy atom. The van der Waals surface area contributed by atoms with E-state index in [1.165, 1.54) is 25.3 Å². The molecule has 8 heteroatoms. The third-order valence-electron chi connectivity index (χ3n) is 2.39. The number of benzene rings is 1. The monoisotopic (exact) mass is 308 g/mol. The van der Waals surface area contributed by atoms with Gasteiger partial charge in [0.25, 0.3) is 0 Å². The summed E-state index contributed by atoms with van der Waals surface area (Å²) in [5, 5.41) is 9.77. The van der Waals surface area contributed by atoms with E-state index in [4.69, 9.17) is 22.1 Å². The highest BCUT2D eigenvalue weighted by atomic mass is 35.5. The fourth-order valence-electron chi connectivity index (χ4n) is 1.48. The number of aliphatic hydroxyl groups is 1. The first-order valence-electron chi connectivity index (χ1n) is 5.58. The van der Waals surface area contributed by atoms with Gasteiger partial charge in [0.05, 0.1) is 18.4 Å². The molecular weight excluding hydrogens is 292 g/mol. The van der Waals surface area contributed by atoms with Gasteiger partial charge in [0.2, 0.25) is 10.0 Å². The minimum Gasteiger partial charge on any atom is -0.398 e. The Morgan fingerprint density at radius 3 is 2.79 bits per heavy atom. The molecule has 0 fully saturated rings. The number of hydrogen-bond acceptors (Lipinski definition) is 5. The molecular formula is C11H17ClN2O4S. The van der Waals surface area contributed by atoms with Crippen molar-refractivity contribution in [2.45, 2.75) is 17.4 Å². The molecule has 1 aromatic rings. The van der Waals surface area contributed by atoms with Crippen molar-refractivity contribution in [1.29, 1.82) is 0 Å². The molecule has 19 heavy (non-hydrogen) atoms. The lowest BCUT2D eigenvalue weighted by Gasteiger charge is -2.11. The van der Waals surface area contributed by atoms with Gasteiger partial charge in [-0.05, 0) is 24.6 Å². The largest absolute Gasteiger partial charge is 0.398 e. The summed E-state index contributed by atoms with van der Waals surface area (Å²) in [4.78, 5) is -0.0295.